The van der Waals surface area contributed by atoms with E-state index in [4.69, 9.17) is 5.10 Å². The molecule has 0 radical (unpaired) electrons. The molecule has 2 amide bonds. The Bertz CT molecular complexity index is 1140. The topological polar surface area (TPSA) is 63.4 Å². The third-order valence-corrected chi connectivity index (χ3v) is 7.33. The van der Waals surface area contributed by atoms with Gasteiger partial charge in [-0.3, -0.25) is 9.59 Å². The molecule has 7 nitrogen and oxygen atoms in total. The third-order valence-electron chi connectivity index (χ3n) is 7.33. The van der Waals surface area contributed by atoms with E-state index in [-0.39, 0.29) is 17.7 Å². The van der Waals surface area contributed by atoms with Crippen LogP contribution >= 0.6 is 0 Å². The standard InChI is InChI=1S/C27H33N5O2/c1-20-10-16-30(17-11-20)26(33)22-12-18-31(19-13-22)27(34)24-21(2)28-32(23-8-4-3-5-9-23)25(24)29-14-6-7-15-29/h3-9,14-15,20,22H,10-13,16-19H2,1-2H3. The summed E-state index contributed by atoms with van der Waals surface area (Å²) in [7, 11) is 0. The second kappa shape index (κ2) is 9.49. The van der Waals surface area contributed by atoms with Crippen molar-refractivity contribution in [2.24, 2.45) is 11.8 Å². The number of hydrogen-bond acceptors (Lipinski definition) is 3. The minimum atomic E-state index is -0.0129. The van der Waals surface area contributed by atoms with Gasteiger partial charge >= 0.3 is 0 Å². The summed E-state index contributed by atoms with van der Waals surface area (Å²) < 4.78 is 3.80. The van der Waals surface area contributed by atoms with E-state index in [1.807, 2.05) is 80.8 Å². The summed E-state index contributed by atoms with van der Waals surface area (Å²) in [4.78, 5) is 30.7. The number of aryl methyl sites for hydroxylation is 1. The Morgan fingerprint density at radius 1 is 0.853 bits per heavy atom. The molecule has 4 heterocycles. The van der Waals surface area contributed by atoms with Gasteiger partial charge in [0.2, 0.25) is 5.91 Å². The zero-order chi connectivity index (χ0) is 23.7. The quantitative estimate of drug-likeness (QED) is 0.591. The molecule has 0 spiro atoms. The first kappa shape index (κ1) is 22.4. The van der Waals surface area contributed by atoms with Gasteiger partial charge in [0.1, 0.15) is 5.56 Å². The number of aromatic nitrogens is 3. The highest BCUT2D eigenvalue weighted by Crippen LogP contribution is 2.28. The monoisotopic (exact) mass is 459 g/mol. The van der Waals surface area contributed by atoms with Gasteiger partial charge in [0, 0.05) is 44.5 Å². The zero-order valence-corrected chi connectivity index (χ0v) is 20.1. The lowest BCUT2D eigenvalue weighted by atomic mass is 9.92. The first-order valence-electron chi connectivity index (χ1n) is 12.4. The van der Waals surface area contributed by atoms with Crippen LogP contribution in [0.15, 0.2) is 54.9 Å². The summed E-state index contributed by atoms with van der Waals surface area (Å²) in [6.45, 7) is 7.10. The minimum Gasteiger partial charge on any atom is -0.342 e. The molecule has 0 saturated carbocycles. The predicted molar refractivity (Wildman–Crippen MR) is 131 cm³/mol. The van der Waals surface area contributed by atoms with E-state index < -0.39 is 0 Å². The Labute approximate surface area is 201 Å². The van der Waals surface area contributed by atoms with Crippen LogP contribution in [-0.4, -0.2) is 62.1 Å². The van der Waals surface area contributed by atoms with Gasteiger partial charge in [-0.25, -0.2) is 4.68 Å². The number of para-hydroxylation sites is 1. The molecule has 5 rings (SSSR count). The minimum absolute atomic E-state index is 0.0129. The highest BCUT2D eigenvalue weighted by atomic mass is 16.2. The normalized spacial score (nSPS) is 17.8. The van der Waals surface area contributed by atoms with Crippen LogP contribution in [0.2, 0.25) is 0 Å². The van der Waals surface area contributed by atoms with Crippen LogP contribution in [0.25, 0.3) is 11.5 Å². The Morgan fingerprint density at radius 3 is 2.12 bits per heavy atom. The van der Waals surface area contributed by atoms with Crippen LogP contribution in [0, 0.1) is 18.8 Å². The van der Waals surface area contributed by atoms with Crippen LogP contribution in [0.5, 0.6) is 0 Å². The summed E-state index contributed by atoms with van der Waals surface area (Å²) in [6.07, 6.45) is 7.52. The van der Waals surface area contributed by atoms with E-state index in [0.29, 0.717) is 30.3 Å². The Kier molecular flexibility index (Phi) is 6.26. The third kappa shape index (κ3) is 4.27. The van der Waals surface area contributed by atoms with E-state index in [9.17, 15) is 9.59 Å². The van der Waals surface area contributed by atoms with Gasteiger partial charge in [0.15, 0.2) is 5.82 Å². The van der Waals surface area contributed by atoms with Crippen molar-refractivity contribution in [1.82, 2.24) is 24.1 Å². The Balaban J connectivity index is 1.35. The molecule has 2 saturated heterocycles. The molecule has 0 unspecified atom stereocenters. The van der Waals surface area contributed by atoms with Crippen molar-refractivity contribution in [2.45, 2.75) is 39.5 Å². The second-order valence-electron chi connectivity index (χ2n) is 9.70. The number of rotatable bonds is 4. The van der Waals surface area contributed by atoms with E-state index in [2.05, 4.69) is 6.92 Å². The number of piperidine rings is 2. The number of carbonyl (C=O) groups is 2. The van der Waals surface area contributed by atoms with Gasteiger partial charge in [-0.15, -0.1) is 0 Å². The highest BCUT2D eigenvalue weighted by Gasteiger charge is 2.34. The van der Waals surface area contributed by atoms with Crippen LogP contribution < -0.4 is 0 Å². The van der Waals surface area contributed by atoms with E-state index >= 15 is 0 Å². The molecule has 2 aliphatic rings. The Morgan fingerprint density at radius 2 is 1.47 bits per heavy atom. The molecule has 178 valence electrons. The summed E-state index contributed by atoms with van der Waals surface area (Å²) in [5.74, 6) is 1.74. The Hall–Kier alpha value is -3.35. The molecular weight excluding hydrogens is 426 g/mol. The van der Waals surface area contributed by atoms with Crippen LogP contribution in [0.1, 0.15) is 48.7 Å². The number of likely N-dealkylation sites (tertiary alicyclic amines) is 2. The molecule has 34 heavy (non-hydrogen) atoms. The van der Waals surface area contributed by atoms with Crippen molar-refractivity contribution in [3.8, 4) is 11.5 Å². The number of hydrogen-bond donors (Lipinski definition) is 0. The fraction of sp³-hybridized carbons (Fsp3) is 0.444. The molecule has 1 aromatic carbocycles. The molecule has 2 fully saturated rings. The number of nitrogens with zero attached hydrogens (tertiary/aromatic N) is 5. The lowest BCUT2D eigenvalue weighted by Gasteiger charge is -2.36. The SMILES string of the molecule is Cc1nn(-c2ccccc2)c(-n2cccc2)c1C(=O)N1CCC(C(=O)N2CCC(C)CC2)CC1. The highest BCUT2D eigenvalue weighted by molar-refractivity contribution is 5.99. The van der Waals surface area contributed by atoms with Crippen molar-refractivity contribution in [3.05, 3.63) is 66.1 Å². The molecule has 2 aromatic heterocycles. The lowest BCUT2D eigenvalue weighted by molar-refractivity contribution is -0.138. The van der Waals surface area contributed by atoms with Crippen LogP contribution in [-0.2, 0) is 4.79 Å². The summed E-state index contributed by atoms with van der Waals surface area (Å²) in [6, 6.07) is 13.8. The number of carbonyl (C=O) groups excluding carboxylic acids is 2. The van der Waals surface area contributed by atoms with Crippen molar-refractivity contribution in [1.29, 1.82) is 0 Å². The molecule has 3 aromatic rings. The zero-order valence-electron chi connectivity index (χ0n) is 20.1. The summed E-state index contributed by atoms with van der Waals surface area (Å²) in [5.41, 5.74) is 2.24. The average Bonchev–Trinajstić information content (AvgIpc) is 3.52. The van der Waals surface area contributed by atoms with Gasteiger partial charge in [0.25, 0.3) is 5.91 Å². The summed E-state index contributed by atoms with van der Waals surface area (Å²) >= 11 is 0. The molecule has 0 bridgehead atoms. The average molecular weight is 460 g/mol. The predicted octanol–water partition coefficient (Wildman–Crippen LogP) is 4.08. The van der Waals surface area contributed by atoms with Crippen molar-refractivity contribution < 1.29 is 9.59 Å². The maximum atomic E-state index is 13.8. The molecule has 7 heteroatoms. The smallest absolute Gasteiger partial charge is 0.259 e. The van der Waals surface area contributed by atoms with Crippen molar-refractivity contribution in [2.75, 3.05) is 26.2 Å². The van der Waals surface area contributed by atoms with Gasteiger partial charge in [-0.1, -0.05) is 25.1 Å². The molecule has 0 atom stereocenters. The number of benzene rings is 1. The molecule has 2 aliphatic heterocycles. The fourth-order valence-electron chi connectivity index (χ4n) is 5.20. The van der Waals surface area contributed by atoms with Gasteiger partial charge in [-0.05, 0) is 62.8 Å². The van der Waals surface area contributed by atoms with E-state index in [0.717, 1.165) is 50.3 Å². The second-order valence-corrected chi connectivity index (χ2v) is 9.70. The molecule has 0 N–H and O–H groups in total. The van der Waals surface area contributed by atoms with Crippen LogP contribution in [0.4, 0.5) is 0 Å². The molecular formula is C27H33N5O2. The lowest BCUT2D eigenvalue weighted by Crippen LogP contribution is -2.46. The first-order chi connectivity index (χ1) is 16.5. The van der Waals surface area contributed by atoms with Crippen LogP contribution in [0.3, 0.4) is 0 Å². The van der Waals surface area contributed by atoms with Gasteiger partial charge < -0.3 is 14.4 Å². The van der Waals surface area contributed by atoms with Crippen molar-refractivity contribution >= 4 is 11.8 Å². The van der Waals surface area contributed by atoms with Gasteiger partial charge in [-0.2, -0.15) is 5.10 Å². The van der Waals surface area contributed by atoms with E-state index in [1.54, 1.807) is 0 Å². The van der Waals surface area contributed by atoms with Crippen molar-refractivity contribution in [3.63, 3.8) is 0 Å². The summed E-state index contributed by atoms with van der Waals surface area (Å²) in [5, 5.41) is 4.75. The van der Waals surface area contributed by atoms with Gasteiger partial charge in [0.05, 0.1) is 11.4 Å². The molecule has 0 aliphatic carbocycles. The fourth-order valence-corrected chi connectivity index (χ4v) is 5.20. The maximum Gasteiger partial charge on any atom is 0.259 e. The first-order valence-corrected chi connectivity index (χ1v) is 12.4. The van der Waals surface area contributed by atoms with E-state index in [1.165, 1.54) is 0 Å². The number of amides is 2. The maximum absolute atomic E-state index is 13.8. The largest absolute Gasteiger partial charge is 0.342 e.